The summed E-state index contributed by atoms with van der Waals surface area (Å²) in [5.41, 5.74) is 8.36. The SMILES string of the molecule is CC(C)C[C@@H](NC(=O)[C@H](N)CCC(=O)OCc1ccccc1)C(=O)N[C@@H](COCc1ccccc1)C(=O)N[C@@H](Cc1ccccc1)C(=O)ON1C(=O)CCC1=O. The first-order valence-electron chi connectivity index (χ1n) is 18.5. The summed E-state index contributed by atoms with van der Waals surface area (Å²) in [6.07, 6.45) is -0.304. The van der Waals surface area contributed by atoms with Crippen molar-refractivity contribution >= 4 is 41.5 Å². The van der Waals surface area contributed by atoms with Crippen molar-refractivity contribution in [3.63, 3.8) is 0 Å². The highest BCUT2D eigenvalue weighted by molar-refractivity contribution is 6.02. The van der Waals surface area contributed by atoms with Crippen molar-refractivity contribution < 1.29 is 47.9 Å². The van der Waals surface area contributed by atoms with Crippen LogP contribution in [0, 0.1) is 5.92 Å². The topological polar surface area (TPSA) is 213 Å². The Kier molecular flexibility index (Phi) is 16.7. The molecule has 0 bridgehead atoms. The van der Waals surface area contributed by atoms with E-state index in [4.69, 9.17) is 20.0 Å². The molecule has 1 aliphatic heterocycles. The number of imide groups is 1. The number of hydroxylamine groups is 2. The number of nitrogens with two attached hydrogens (primary N) is 1. The zero-order valence-electron chi connectivity index (χ0n) is 31.5. The van der Waals surface area contributed by atoms with E-state index in [1.807, 2.05) is 74.5 Å². The molecular weight excluding hydrogens is 722 g/mol. The number of amides is 5. The van der Waals surface area contributed by atoms with Gasteiger partial charge < -0.3 is 36.0 Å². The molecule has 1 aliphatic rings. The molecule has 5 N–H and O–H groups in total. The van der Waals surface area contributed by atoms with Crippen molar-refractivity contribution in [3.05, 3.63) is 108 Å². The highest BCUT2D eigenvalue weighted by Crippen LogP contribution is 2.15. The van der Waals surface area contributed by atoms with Crippen molar-refractivity contribution in [2.75, 3.05) is 6.61 Å². The smallest absolute Gasteiger partial charge is 0.355 e. The van der Waals surface area contributed by atoms with Crippen LogP contribution in [0.3, 0.4) is 0 Å². The summed E-state index contributed by atoms with van der Waals surface area (Å²) in [5.74, 6) is -5.29. The van der Waals surface area contributed by atoms with Gasteiger partial charge in [-0.1, -0.05) is 105 Å². The van der Waals surface area contributed by atoms with Crippen LogP contribution >= 0.6 is 0 Å². The van der Waals surface area contributed by atoms with Crippen LogP contribution in [0.4, 0.5) is 0 Å². The molecule has 1 fully saturated rings. The average Bonchev–Trinajstić information content (AvgIpc) is 3.51. The van der Waals surface area contributed by atoms with Gasteiger partial charge in [-0.25, -0.2) is 4.79 Å². The zero-order valence-corrected chi connectivity index (χ0v) is 31.5. The summed E-state index contributed by atoms with van der Waals surface area (Å²) in [5, 5.41) is 8.30. The van der Waals surface area contributed by atoms with Crippen LogP contribution in [-0.4, -0.2) is 77.3 Å². The average molecular weight is 772 g/mol. The second-order valence-corrected chi connectivity index (χ2v) is 13.8. The molecule has 298 valence electrons. The third kappa shape index (κ3) is 14.0. The van der Waals surface area contributed by atoms with E-state index in [0.717, 1.165) is 11.1 Å². The van der Waals surface area contributed by atoms with E-state index in [0.29, 0.717) is 10.6 Å². The zero-order chi connectivity index (χ0) is 40.5. The van der Waals surface area contributed by atoms with Crippen molar-refractivity contribution in [3.8, 4) is 0 Å². The first-order chi connectivity index (χ1) is 26.9. The normalized spacial score (nSPS) is 14.7. The summed E-state index contributed by atoms with van der Waals surface area (Å²) in [6, 6.07) is 21.9. The maximum absolute atomic E-state index is 13.9. The van der Waals surface area contributed by atoms with Crippen LogP contribution in [0.5, 0.6) is 0 Å². The van der Waals surface area contributed by atoms with Crippen LogP contribution in [0.1, 0.15) is 62.6 Å². The fraction of sp³-hybridized carbons (Fsp3) is 0.390. The Morgan fingerprint density at radius 2 is 1.18 bits per heavy atom. The van der Waals surface area contributed by atoms with E-state index < -0.39 is 65.6 Å². The quantitative estimate of drug-likeness (QED) is 0.0912. The maximum Gasteiger partial charge on any atom is 0.355 e. The molecule has 56 heavy (non-hydrogen) atoms. The lowest BCUT2D eigenvalue weighted by Gasteiger charge is -2.26. The first kappa shape index (κ1) is 42.8. The van der Waals surface area contributed by atoms with Crippen LogP contribution in [-0.2, 0) is 67.5 Å². The Balaban J connectivity index is 1.45. The van der Waals surface area contributed by atoms with Gasteiger partial charge in [0.2, 0.25) is 17.7 Å². The molecule has 0 unspecified atom stereocenters. The Labute approximate surface area is 325 Å². The molecule has 0 saturated carbocycles. The molecule has 4 rings (SSSR count). The molecule has 1 saturated heterocycles. The summed E-state index contributed by atoms with van der Waals surface area (Å²) in [7, 11) is 0. The van der Waals surface area contributed by atoms with Crippen LogP contribution in [0.15, 0.2) is 91.0 Å². The standard InChI is InChI=1S/C41H49N5O10/c1-27(2)22-32(43-38(50)31(42)18-21-37(49)55-25-30-16-10-5-11-17-30)39(51)45-34(26-54-24-29-14-8-4-9-15-29)40(52)44-33(23-28-12-6-3-7-13-28)41(53)56-46-35(47)19-20-36(46)48/h3-17,27,31-34H,18-26,42H2,1-2H3,(H,43,50)(H,44,52)(H,45,51)/t31-,32-,33+,34+/m1/s1. The monoisotopic (exact) mass is 771 g/mol. The Bertz CT molecular complexity index is 1780. The van der Waals surface area contributed by atoms with Gasteiger partial charge in [-0.2, -0.15) is 0 Å². The predicted octanol–water partition coefficient (Wildman–Crippen LogP) is 2.40. The fourth-order valence-corrected chi connectivity index (χ4v) is 5.65. The largest absolute Gasteiger partial charge is 0.461 e. The van der Waals surface area contributed by atoms with Gasteiger partial charge in [0, 0.05) is 25.7 Å². The number of carbonyl (C=O) groups is 7. The molecule has 0 aromatic heterocycles. The van der Waals surface area contributed by atoms with Crippen molar-refractivity contribution in [2.45, 2.75) is 89.8 Å². The van der Waals surface area contributed by atoms with Gasteiger partial charge in [0.05, 0.1) is 19.3 Å². The molecule has 0 spiro atoms. The van der Waals surface area contributed by atoms with Crippen molar-refractivity contribution in [1.29, 1.82) is 0 Å². The van der Waals surface area contributed by atoms with Crippen molar-refractivity contribution in [2.24, 2.45) is 11.7 Å². The number of esters is 1. The first-order valence-corrected chi connectivity index (χ1v) is 18.5. The fourth-order valence-electron chi connectivity index (χ4n) is 5.65. The van der Waals surface area contributed by atoms with Gasteiger partial charge >= 0.3 is 11.9 Å². The Hall–Kier alpha value is -5.93. The third-order valence-electron chi connectivity index (χ3n) is 8.68. The van der Waals surface area contributed by atoms with Crippen LogP contribution < -0.4 is 21.7 Å². The predicted molar refractivity (Wildman–Crippen MR) is 202 cm³/mol. The second kappa shape index (κ2) is 21.8. The van der Waals surface area contributed by atoms with E-state index >= 15 is 0 Å². The van der Waals surface area contributed by atoms with E-state index in [2.05, 4.69) is 16.0 Å². The Morgan fingerprint density at radius 3 is 1.75 bits per heavy atom. The van der Waals surface area contributed by atoms with Crippen LogP contribution in [0.2, 0.25) is 0 Å². The molecule has 5 amide bonds. The number of nitrogens with one attached hydrogen (secondary N) is 3. The summed E-state index contributed by atoms with van der Waals surface area (Å²) >= 11 is 0. The minimum absolute atomic E-state index is 0.0403. The van der Waals surface area contributed by atoms with Gasteiger partial charge in [-0.05, 0) is 35.4 Å². The van der Waals surface area contributed by atoms with Crippen LogP contribution in [0.25, 0.3) is 0 Å². The lowest BCUT2D eigenvalue weighted by atomic mass is 10.0. The van der Waals surface area contributed by atoms with Gasteiger partial charge in [-0.3, -0.25) is 28.8 Å². The van der Waals surface area contributed by atoms with Crippen molar-refractivity contribution in [1.82, 2.24) is 21.0 Å². The molecule has 0 radical (unpaired) electrons. The number of hydrogen-bond acceptors (Lipinski definition) is 11. The number of carbonyl (C=O) groups excluding carboxylic acids is 7. The minimum Gasteiger partial charge on any atom is -0.461 e. The summed E-state index contributed by atoms with van der Waals surface area (Å²) in [6.45, 7) is 3.52. The number of nitrogens with zero attached hydrogens (tertiary/aromatic N) is 1. The van der Waals surface area contributed by atoms with Gasteiger partial charge in [-0.15, -0.1) is 5.06 Å². The summed E-state index contributed by atoms with van der Waals surface area (Å²) in [4.78, 5) is 96.3. The molecule has 3 aromatic rings. The second-order valence-electron chi connectivity index (χ2n) is 13.8. The minimum atomic E-state index is -1.39. The lowest BCUT2D eigenvalue weighted by molar-refractivity contribution is -0.199. The molecule has 0 aliphatic carbocycles. The van der Waals surface area contributed by atoms with Gasteiger partial charge in [0.1, 0.15) is 24.7 Å². The number of benzene rings is 3. The maximum atomic E-state index is 13.9. The van der Waals surface area contributed by atoms with Gasteiger partial charge in [0.25, 0.3) is 11.8 Å². The third-order valence-corrected chi connectivity index (χ3v) is 8.68. The summed E-state index contributed by atoms with van der Waals surface area (Å²) < 4.78 is 11.1. The molecular formula is C41H49N5O10. The molecule has 1 heterocycles. The highest BCUT2D eigenvalue weighted by Gasteiger charge is 2.37. The van der Waals surface area contributed by atoms with E-state index in [9.17, 15) is 33.6 Å². The molecule has 15 heteroatoms. The molecule has 15 nitrogen and oxygen atoms in total. The highest BCUT2D eigenvalue weighted by atomic mass is 16.7. The lowest BCUT2D eigenvalue weighted by Crippen LogP contribution is -2.59. The number of hydrogen-bond donors (Lipinski definition) is 4. The molecule has 4 atom stereocenters. The van der Waals surface area contributed by atoms with E-state index in [-0.39, 0.29) is 64.3 Å². The molecule has 3 aromatic carbocycles. The number of rotatable bonds is 21. The number of ether oxygens (including phenoxy) is 2. The van der Waals surface area contributed by atoms with Gasteiger partial charge in [0.15, 0.2) is 0 Å². The van der Waals surface area contributed by atoms with E-state index in [1.165, 1.54) is 0 Å². The van der Waals surface area contributed by atoms with E-state index in [1.54, 1.807) is 30.3 Å². The Morgan fingerprint density at radius 1 is 0.679 bits per heavy atom.